The summed E-state index contributed by atoms with van der Waals surface area (Å²) in [7, 11) is 0. The van der Waals surface area contributed by atoms with Crippen LogP contribution >= 0.6 is 0 Å². The van der Waals surface area contributed by atoms with Crippen LogP contribution in [0.2, 0.25) is 0 Å². The summed E-state index contributed by atoms with van der Waals surface area (Å²) in [5.41, 5.74) is 10.6. The van der Waals surface area contributed by atoms with Gasteiger partial charge < -0.3 is 10.6 Å². The number of hydrogen-bond donors (Lipinski definition) is 1. The second-order valence-electron chi connectivity index (χ2n) is 5.05. The summed E-state index contributed by atoms with van der Waals surface area (Å²) in [6.07, 6.45) is 0. The van der Waals surface area contributed by atoms with Crippen LogP contribution in [0.4, 0.5) is 11.4 Å². The number of nitrogen functional groups attached to an aromatic ring is 1. The average Bonchev–Trinajstić information content (AvgIpc) is 2.33. The van der Waals surface area contributed by atoms with Crippen molar-refractivity contribution in [3.8, 4) is 0 Å². The normalized spacial score (nSPS) is 15.5. The molecule has 0 amide bonds. The monoisotopic (exact) mass is 238 g/mol. The second kappa shape index (κ2) is 4.37. The van der Waals surface area contributed by atoms with Crippen molar-refractivity contribution in [1.29, 1.82) is 0 Å². The molecule has 0 aliphatic carbocycles. The van der Waals surface area contributed by atoms with Crippen LogP contribution in [0.1, 0.15) is 17.0 Å². The summed E-state index contributed by atoms with van der Waals surface area (Å²) in [4.78, 5) is 2.41. The quantitative estimate of drug-likeness (QED) is 0.814. The standard InChI is InChI=1S/C16H18N2/c1-12-9-15(7-8-16(12)17)18-10-14(11-18)13-5-3-2-4-6-13/h2-9,14H,10-11,17H2,1H3. The Bertz CT molecular complexity index is 542. The third-order valence-corrected chi connectivity index (χ3v) is 3.77. The maximum atomic E-state index is 5.85. The summed E-state index contributed by atoms with van der Waals surface area (Å²) in [6.45, 7) is 4.27. The van der Waals surface area contributed by atoms with Crippen LogP contribution < -0.4 is 10.6 Å². The fourth-order valence-electron chi connectivity index (χ4n) is 2.48. The van der Waals surface area contributed by atoms with E-state index in [1.165, 1.54) is 11.3 Å². The Hall–Kier alpha value is -1.96. The highest BCUT2D eigenvalue weighted by Gasteiger charge is 2.27. The minimum atomic E-state index is 0.670. The Kier molecular flexibility index (Phi) is 2.71. The van der Waals surface area contributed by atoms with Gasteiger partial charge in [0.15, 0.2) is 0 Å². The number of anilines is 2. The van der Waals surface area contributed by atoms with Crippen molar-refractivity contribution < 1.29 is 0 Å². The molecule has 2 aromatic carbocycles. The van der Waals surface area contributed by atoms with E-state index in [0.717, 1.165) is 24.3 Å². The largest absolute Gasteiger partial charge is 0.399 e. The van der Waals surface area contributed by atoms with Gasteiger partial charge >= 0.3 is 0 Å². The number of nitrogens with two attached hydrogens (primary N) is 1. The molecular formula is C16H18N2. The van der Waals surface area contributed by atoms with Gasteiger partial charge in [-0.3, -0.25) is 0 Å². The van der Waals surface area contributed by atoms with E-state index in [9.17, 15) is 0 Å². The van der Waals surface area contributed by atoms with Crippen LogP contribution in [0.5, 0.6) is 0 Å². The third-order valence-electron chi connectivity index (χ3n) is 3.77. The number of rotatable bonds is 2. The Morgan fingerprint density at radius 1 is 1.06 bits per heavy atom. The number of nitrogens with zero attached hydrogens (tertiary/aromatic N) is 1. The zero-order valence-electron chi connectivity index (χ0n) is 10.6. The van der Waals surface area contributed by atoms with Crippen molar-refractivity contribution in [2.45, 2.75) is 12.8 Å². The molecule has 2 nitrogen and oxygen atoms in total. The molecule has 1 saturated heterocycles. The van der Waals surface area contributed by atoms with Gasteiger partial charge in [0.05, 0.1) is 0 Å². The topological polar surface area (TPSA) is 29.3 Å². The van der Waals surface area contributed by atoms with Gasteiger partial charge in [0.25, 0.3) is 0 Å². The molecule has 0 bridgehead atoms. The van der Waals surface area contributed by atoms with Crippen LogP contribution in [0.25, 0.3) is 0 Å². The van der Waals surface area contributed by atoms with E-state index in [0.29, 0.717) is 5.92 Å². The van der Waals surface area contributed by atoms with Gasteiger partial charge in [0, 0.05) is 30.4 Å². The maximum absolute atomic E-state index is 5.85. The predicted octanol–water partition coefficient (Wildman–Crippen LogP) is 3.18. The fraction of sp³-hybridized carbons (Fsp3) is 0.250. The van der Waals surface area contributed by atoms with E-state index >= 15 is 0 Å². The molecule has 0 saturated carbocycles. The molecule has 1 heterocycles. The highest BCUT2D eigenvalue weighted by molar-refractivity contribution is 5.59. The summed E-state index contributed by atoms with van der Waals surface area (Å²) in [5, 5.41) is 0. The lowest BCUT2D eigenvalue weighted by Gasteiger charge is -2.41. The van der Waals surface area contributed by atoms with Crippen molar-refractivity contribution in [1.82, 2.24) is 0 Å². The Labute approximate surface area is 108 Å². The van der Waals surface area contributed by atoms with Gasteiger partial charge in [-0.1, -0.05) is 30.3 Å². The number of aryl methyl sites for hydroxylation is 1. The zero-order chi connectivity index (χ0) is 12.5. The van der Waals surface area contributed by atoms with Crippen LogP contribution in [0.15, 0.2) is 48.5 Å². The molecule has 2 heteroatoms. The highest BCUT2D eigenvalue weighted by atomic mass is 15.2. The molecule has 1 fully saturated rings. The molecular weight excluding hydrogens is 220 g/mol. The first-order valence-electron chi connectivity index (χ1n) is 6.40. The average molecular weight is 238 g/mol. The summed E-state index contributed by atoms with van der Waals surface area (Å²) in [6, 6.07) is 17.0. The van der Waals surface area contributed by atoms with E-state index in [1.54, 1.807) is 0 Å². The molecule has 0 unspecified atom stereocenters. The molecule has 1 aliphatic rings. The van der Waals surface area contributed by atoms with E-state index in [-0.39, 0.29) is 0 Å². The smallest absolute Gasteiger partial charge is 0.0370 e. The number of hydrogen-bond acceptors (Lipinski definition) is 2. The van der Waals surface area contributed by atoms with E-state index in [2.05, 4.69) is 54.3 Å². The molecule has 2 aromatic rings. The molecule has 3 rings (SSSR count). The van der Waals surface area contributed by atoms with E-state index in [4.69, 9.17) is 5.73 Å². The molecule has 92 valence electrons. The molecule has 0 atom stereocenters. The van der Waals surface area contributed by atoms with E-state index in [1.807, 2.05) is 6.07 Å². The molecule has 0 radical (unpaired) electrons. The lowest BCUT2D eigenvalue weighted by Crippen LogP contribution is -2.45. The molecule has 1 aliphatic heterocycles. The zero-order valence-corrected chi connectivity index (χ0v) is 10.6. The first kappa shape index (κ1) is 11.1. The molecule has 2 N–H and O–H groups in total. The fourth-order valence-corrected chi connectivity index (χ4v) is 2.48. The van der Waals surface area contributed by atoms with Crippen molar-refractivity contribution in [2.24, 2.45) is 0 Å². The van der Waals surface area contributed by atoms with Gasteiger partial charge in [-0.25, -0.2) is 0 Å². The van der Waals surface area contributed by atoms with Crippen molar-refractivity contribution in [3.05, 3.63) is 59.7 Å². The van der Waals surface area contributed by atoms with Crippen LogP contribution in [-0.2, 0) is 0 Å². The van der Waals surface area contributed by atoms with Crippen LogP contribution in [0, 0.1) is 6.92 Å². The Morgan fingerprint density at radius 2 is 1.78 bits per heavy atom. The summed E-state index contributed by atoms with van der Waals surface area (Å²) >= 11 is 0. The third kappa shape index (κ3) is 1.94. The first-order valence-corrected chi connectivity index (χ1v) is 6.40. The minimum absolute atomic E-state index is 0.670. The molecule has 0 aromatic heterocycles. The van der Waals surface area contributed by atoms with Crippen LogP contribution in [0.3, 0.4) is 0 Å². The van der Waals surface area contributed by atoms with E-state index < -0.39 is 0 Å². The minimum Gasteiger partial charge on any atom is -0.399 e. The van der Waals surface area contributed by atoms with Crippen molar-refractivity contribution >= 4 is 11.4 Å². The molecule has 18 heavy (non-hydrogen) atoms. The first-order chi connectivity index (χ1) is 8.74. The highest BCUT2D eigenvalue weighted by Crippen LogP contribution is 2.32. The van der Waals surface area contributed by atoms with Gasteiger partial charge in [-0.2, -0.15) is 0 Å². The maximum Gasteiger partial charge on any atom is 0.0370 e. The van der Waals surface area contributed by atoms with Gasteiger partial charge in [-0.15, -0.1) is 0 Å². The Balaban J connectivity index is 1.70. The molecule has 0 spiro atoms. The summed E-state index contributed by atoms with van der Waals surface area (Å²) in [5.74, 6) is 0.670. The lowest BCUT2D eigenvalue weighted by atomic mass is 9.91. The van der Waals surface area contributed by atoms with Crippen molar-refractivity contribution in [3.63, 3.8) is 0 Å². The van der Waals surface area contributed by atoms with Crippen LogP contribution in [-0.4, -0.2) is 13.1 Å². The second-order valence-corrected chi connectivity index (χ2v) is 5.05. The van der Waals surface area contributed by atoms with Gasteiger partial charge in [0.1, 0.15) is 0 Å². The lowest BCUT2D eigenvalue weighted by molar-refractivity contribution is 0.525. The SMILES string of the molecule is Cc1cc(N2CC(c3ccccc3)C2)ccc1N. The summed E-state index contributed by atoms with van der Waals surface area (Å²) < 4.78 is 0. The number of benzene rings is 2. The Morgan fingerprint density at radius 3 is 2.44 bits per heavy atom. The van der Waals surface area contributed by atoms with Gasteiger partial charge in [0.2, 0.25) is 0 Å². The predicted molar refractivity (Wildman–Crippen MR) is 77.0 cm³/mol. The van der Waals surface area contributed by atoms with Crippen molar-refractivity contribution in [2.75, 3.05) is 23.7 Å². The van der Waals surface area contributed by atoms with Gasteiger partial charge in [-0.05, 0) is 36.2 Å².